The average molecular weight is 251 g/mol. The maximum atomic E-state index is 13.2. The molecule has 0 aliphatic heterocycles. The molecule has 2 nitrogen and oxygen atoms in total. The van der Waals surface area contributed by atoms with Crippen molar-refractivity contribution < 1.29 is 9.50 Å². The van der Waals surface area contributed by atoms with Crippen LogP contribution in [-0.2, 0) is 0 Å². The normalized spacial score (nSPS) is 12.4. The zero-order chi connectivity index (χ0) is 12.3. The second kappa shape index (κ2) is 5.29. The number of aliphatic hydroxyl groups is 1. The molecule has 0 spiro atoms. The molecule has 1 atom stereocenters. The Balaban J connectivity index is 2.18. The highest BCUT2D eigenvalue weighted by Crippen LogP contribution is 2.24. The minimum absolute atomic E-state index is 0.0178. The highest BCUT2D eigenvalue weighted by atomic mass is 32.1. The molecule has 1 aromatic heterocycles. The van der Waals surface area contributed by atoms with Crippen LogP contribution in [0.4, 0.5) is 10.1 Å². The molecule has 0 amide bonds. The van der Waals surface area contributed by atoms with Crippen molar-refractivity contribution in [3.05, 3.63) is 52.0 Å². The van der Waals surface area contributed by atoms with E-state index in [9.17, 15) is 9.50 Å². The maximum absolute atomic E-state index is 13.2. The number of aliphatic hydroxyl groups excluding tert-OH is 1. The molecule has 1 heterocycles. The summed E-state index contributed by atoms with van der Waals surface area (Å²) in [5.74, 6) is -0.268. The fraction of sp³-hybridized carbons (Fsp3) is 0.231. The van der Waals surface area contributed by atoms with Gasteiger partial charge in [0.1, 0.15) is 5.82 Å². The quantitative estimate of drug-likeness (QED) is 0.873. The molecule has 90 valence electrons. The lowest BCUT2D eigenvalue weighted by Gasteiger charge is -2.16. The molecule has 17 heavy (non-hydrogen) atoms. The van der Waals surface area contributed by atoms with E-state index < -0.39 is 0 Å². The Hall–Kier alpha value is -1.39. The van der Waals surface area contributed by atoms with E-state index >= 15 is 0 Å². The lowest BCUT2D eigenvalue weighted by atomic mass is 10.2. The Morgan fingerprint density at radius 2 is 2.24 bits per heavy atom. The summed E-state index contributed by atoms with van der Waals surface area (Å²) in [6.07, 6.45) is 0. The van der Waals surface area contributed by atoms with Crippen molar-refractivity contribution in [2.75, 3.05) is 11.9 Å². The molecule has 4 heteroatoms. The Morgan fingerprint density at radius 3 is 2.82 bits per heavy atom. The number of hydrogen-bond donors (Lipinski definition) is 2. The molecule has 0 aliphatic rings. The van der Waals surface area contributed by atoms with Gasteiger partial charge >= 0.3 is 0 Å². The van der Waals surface area contributed by atoms with Crippen LogP contribution in [0.25, 0.3) is 0 Å². The first-order valence-electron chi connectivity index (χ1n) is 5.37. The number of aryl methyl sites for hydroxylation is 1. The van der Waals surface area contributed by atoms with Crippen LogP contribution in [-0.4, -0.2) is 11.7 Å². The van der Waals surface area contributed by atoms with Crippen LogP contribution in [0.2, 0.25) is 0 Å². The summed E-state index contributed by atoms with van der Waals surface area (Å²) in [7, 11) is 0. The van der Waals surface area contributed by atoms with E-state index in [1.165, 1.54) is 12.1 Å². The van der Waals surface area contributed by atoms with E-state index in [2.05, 4.69) is 5.32 Å². The number of halogens is 1. The summed E-state index contributed by atoms with van der Waals surface area (Å²) in [4.78, 5) is 1.04. The molecule has 0 fully saturated rings. The summed E-state index contributed by atoms with van der Waals surface area (Å²) in [6, 6.07) is 8.47. The van der Waals surface area contributed by atoms with E-state index in [-0.39, 0.29) is 18.5 Å². The molecule has 1 aromatic carbocycles. The van der Waals surface area contributed by atoms with Gasteiger partial charge in [0.25, 0.3) is 0 Å². The second-order valence-electron chi connectivity index (χ2n) is 3.91. The van der Waals surface area contributed by atoms with Crippen molar-refractivity contribution >= 4 is 17.0 Å². The number of hydrogen-bond acceptors (Lipinski definition) is 3. The number of benzene rings is 1. The van der Waals surface area contributed by atoms with Crippen molar-refractivity contribution in [2.24, 2.45) is 0 Å². The van der Waals surface area contributed by atoms with Crippen molar-refractivity contribution in [3.63, 3.8) is 0 Å². The molecular formula is C13H14FNOS. The van der Waals surface area contributed by atoms with Gasteiger partial charge in [-0.25, -0.2) is 4.39 Å². The number of anilines is 1. The molecular weight excluding hydrogens is 237 g/mol. The third-order valence-electron chi connectivity index (χ3n) is 2.45. The van der Waals surface area contributed by atoms with Crippen molar-refractivity contribution in [1.82, 2.24) is 0 Å². The van der Waals surface area contributed by atoms with Gasteiger partial charge in [0.2, 0.25) is 0 Å². The third-order valence-corrected chi connectivity index (χ3v) is 3.44. The third kappa shape index (κ3) is 3.05. The molecule has 0 saturated carbocycles. The van der Waals surface area contributed by atoms with Gasteiger partial charge in [0, 0.05) is 10.6 Å². The summed E-state index contributed by atoms with van der Waals surface area (Å²) in [5, 5.41) is 14.4. The van der Waals surface area contributed by atoms with Crippen LogP contribution in [0.1, 0.15) is 16.5 Å². The lowest BCUT2D eigenvalue weighted by molar-refractivity contribution is 0.277. The fourth-order valence-electron chi connectivity index (χ4n) is 1.72. The predicted octanol–water partition coefficient (Wildman–Crippen LogP) is 3.34. The molecule has 0 radical (unpaired) electrons. The van der Waals surface area contributed by atoms with Gasteiger partial charge in [-0.3, -0.25) is 0 Å². The SMILES string of the molecule is Cc1cc(F)cc(NC(CO)c2cccs2)c1. The first-order chi connectivity index (χ1) is 8.19. The Morgan fingerprint density at radius 1 is 1.41 bits per heavy atom. The van der Waals surface area contributed by atoms with Gasteiger partial charge in [-0.1, -0.05) is 6.07 Å². The first kappa shape index (κ1) is 12.1. The van der Waals surface area contributed by atoms with Gasteiger partial charge in [0.15, 0.2) is 0 Å². The van der Waals surface area contributed by atoms with Gasteiger partial charge in [-0.15, -0.1) is 11.3 Å². The zero-order valence-electron chi connectivity index (χ0n) is 9.48. The number of thiophene rings is 1. The first-order valence-corrected chi connectivity index (χ1v) is 6.25. The molecule has 2 rings (SSSR count). The van der Waals surface area contributed by atoms with E-state index in [4.69, 9.17) is 0 Å². The fourth-order valence-corrected chi connectivity index (χ4v) is 2.49. The monoisotopic (exact) mass is 251 g/mol. The van der Waals surface area contributed by atoms with Crippen LogP contribution in [0.15, 0.2) is 35.7 Å². The zero-order valence-corrected chi connectivity index (χ0v) is 10.3. The molecule has 0 saturated heterocycles. The average Bonchev–Trinajstić information content (AvgIpc) is 2.77. The Bertz CT molecular complexity index is 464. The van der Waals surface area contributed by atoms with Gasteiger partial charge in [-0.05, 0) is 42.1 Å². The van der Waals surface area contributed by atoms with Crippen LogP contribution in [0.5, 0.6) is 0 Å². The lowest BCUT2D eigenvalue weighted by Crippen LogP contribution is -2.13. The Kier molecular flexibility index (Phi) is 3.76. The van der Waals surface area contributed by atoms with Gasteiger partial charge in [-0.2, -0.15) is 0 Å². The highest BCUT2D eigenvalue weighted by Gasteiger charge is 2.11. The van der Waals surface area contributed by atoms with Crippen molar-refractivity contribution in [3.8, 4) is 0 Å². The predicted molar refractivity (Wildman–Crippen MR) is 68.9 cm³/mol. The maximum Gasteiger partial charge on any atom is 0.125 e. The second-order valence-corrected chi connectivity index (χ2v) is 4.89. The van der Waals surface area contributed by atoms with E-state index in [1.807, 2.05) is 30.5 Å². The smallest absolute Gasteiger partial charge is 0.125 e. The summed E-state index contributed by atoms with van der Waals surface area (Å²) >= 11 is 1.57. The van der Waals surface area contributed by atoms with Crippen LogP contribution in [0.3, 0.4) is 0 Å². The van der Waals surface area contributed by atoms with Crippen LogP contribution >= 0.6 is 11.3 Å². The van der Waals surface area contributed by atoms with Gasteiger partial charge < -0.3 is 10.4 Å². The topological polar surface area (TPSA) is 32.3 Å². The van der Waals surface area contributed by atoms with E-state index in [0.29, 0.717) is 5.69 Å². The van der Waals surface area contributed by atoms with Crippen molar-refractivity contribution in [2.45, 2.75) is 13.0 Å². The Labute approximate surface area is 104 Å². The molecule has 2 aromatic rings. The molecule has 0 aliphatic carbocycles. The molecule has 0 bridgehead atoms. The highest BCUT2D eigenvalue weighted by molar-refractivity contribution is 7.10. The largest absolute Gasteiger partial charge is 0.394 e. The summed E-state index contributed by atoms with van der Waals surface area (Å²) < 4.78 is 13.2. The standard InChI is InChI=1S/C13H14FNOS/c1-9-5-10(14)7-11(6-9)15-12(8-16)13-3-2-4-17-13/h2-7,12,15-16H,8H2,1H3. The van der Waals surface area contributed by atoms with Crippen molar-refractivity contribution in [1.29, 1.82) is 0 Å². The van der Waals surface area contributed by atoms with Crippen LogP contribution in [0, 0.1) is 12.7 Å². The summed E-state index contributed by atoms with van der Waals surface area (Å²) in [6.45, 7) is 1.82. The molecule has 1 unspecified atom stereocenters. The van der Waals surface area contributed by atoms with Gasteiger partial charge in [0.05, 0.1) is 12.6 Å². The number of nitrogens with one attached hydrogen (secondary N) is 1. The van der Waals surface area contributed by atoms with Crippen LogP contribution < -0.4 is 5.32 Å². The minimum atomic E-state index is -0.268. The molecule has 2 N–H and O–H groups in total. The summed E-state index contributed by atoms with van der Waals surface area (Å²) in [5.41, 5.74) is 1.55. The van der Waals surface area contributed by atoms with E-state index in [1.54, 1.807) is 11.3 Å². The van der Waals surface area contributed by atoms with E-state index in [0.717, 1.165) is 10.4 Å². The number of rotatable bonds is 4. The minimum Gasteiger partial charge on any atom is -0.394 e.